The topological polar surface area (TPSA) is 41.6 Å². The molecular weight excluding hydrogens is 192 g/mol. The predicted octanol–water partition coefficient (Wildman–Crippen LogP) is 0.969. The molecule has 4 nitrogen and oxygen atoms in total. The maximum absolute atomic E-state index is 12.0. The molecule has 0 aromatic carbocycles. The van der Waals surface area contributed by atoms with E-state index in [4.69, 9.17) is 4.74 Å². The highest BCUT2D eigenvalue weighted by Crippen LogP contribution is 2.14. The molecule has 0 saturated carbocycles. The fourth-order valence-electron chi connectivity index (χ4n) is 2.02. The number of rotatable bonds is 6. The van der Waals surface area contributed by atoms with E-state index in [9.17, 15) is 4.79 Å². The standard InChI is InChI=1S/C11H22N2O2/c1-4-6-10-11(14)13(8-12-10)9(5-2)7-15-3/h9-10,12H,4-8H2,1-3H3. The van der Waals surface area contributed by atoms with Crippen LogP contribution in [-0.4, -0.2) is 43.3 Å². The van der Waals surface area contributed by atoms with Gasteiger partial charge in [0.25, 0.3) is 0 Å². The Labute approximate surface area is 92.0 Å². The van der Waals surface area contributed by atoms with Gasteiger partial charge in [-0.1, -0.05) is 20.3 Å². The first-order valence-corrected chi connectivity index (χ1v) is 5.77. The Bertz CT molecular complexity index is 209. The molecule has 0 aliphatic carbocycles. The maximum Gasteiger partial charge on any atom is 0.241 e. The highest BCUT2D eigenvalue weighted by molar-refractivity contribution is 5.84. The van der Waals surface area contributed by atoms with Crippen molar-refractivity contribution in [3.05, 3.63) is 0 Å². The normalized spacial score (nSPS) is 23.5. The second-order valence-electron chi connectivity index (χ2n) is 4.03. The zero-order valence-corrected chi connectivity index (χ0v) is 9.95. The zero-order chi connectivity index (χ0) is 11.3. The Balaban J connectivity index is 2.53. The fraction of sp³-hybridized carbons (Fsp3) is 0.909. The Hall–Kier alpha value is -0.610. The summed E-state index contributed by atoms with van der Waals surface area (Å²) >= 11 is 0. The Morgan fingerprint density at radius 1 is 1.60 bits per heavy atom. The predicted molar refractivity (Wildman–Crippen MR) is 59.5 cm³/mol. The van der Waals surface area contributed by atoms with Crippen LogP contribution in [0.3, 0.4) is 0 Å². The molecule has 1 aliphatic heterocycles. The van der Waals surface area contributed by atoms with Crippen LogP contribution in [0.25, 0.3) is 0 Å². The van der Waals surface area contributed by atoms with Crippen LogP contribution in [-0.2, 0) is 9.53 Å². The first-order valence-electron chi connectivity index (χ1n) is 5.77. The molecule has 1 rings (SSSR count). The molecular formula is C11H22N2O2. The highest BCUT2D eigenvalue weighted by atomic mass is 16.5. The maximum atomic E-state index is 12.0. The average molecular weight is 214 g/mol. The minimum atomic E-state index is 0.0286. The van der Waals surface area contributed by atoms with Gasteiger partial charge < -0.3 is 9.64 Å². The number of methoxy groups -OCH3 is 1. The number of hydrogen-bond acceptors (Lipinski definition) is 3. The first kappa shape index (κ1) is 12.5. The van der Waals surface area contributed by atoms with Crippen LogP contribution >= 0.6 is 0 Å². The van der Waals surface area contributed by atoms with Gasteiger partial charge in [0.05, 0.1) is 25.4 Å². The van der Waals surface area contributed by atoms with Gasteiger partial charge in [0.15, 0.2) is 0 Å². The monoisotopic (exact) mass is 214 g/mol. The molecule has 15 heavy (non-hydrogen) atoms. The number of amides is 1. The molecule has 1 saturated heterocycles. The van der Waals surface area contributed by atoms with E-state index < -0.39 is 0 Å². The van der Waals surface area contributed by atoms with Crippen LogP contribution < -0.4 is 5.32 Å². The van der Waals surface area contributed by atoms with Gasteiger partial charge >= 0.3 is 0 Å². The van der Waals surface area contributed by atoms with E-state index >= 15 is 0 Å². The van der Waals surface area contributed by atoms with Crippen molar-refractivity contribution in [2.45, 2.75) is 45.2 Å². The van der Waals surface area contributed by atoms with Crippen molar-refractivity contribution >= 4 is 5.91 Å². The highest BCUT2D eigenvalue weighted by Gasteiger charge is 2.33. The van der Waals surface area contributed by atoms with Gasteiger partial charge in [0, 0.05) is 7.11 Å². The first-order chi connectivity index (χ1) is 7.24. The summed E-state index contributed by atoms with van der Waals surface area (Å²) in [6.07, 6.45) is 2.91. The summed E-state index contributed by atoms with van der Waals surface area (Å²) in [4.78, 5) is 13.9. The molecule has 4 heteroatoms. The number of carbonyl (C=O) groups is 1. The summed E-state index contributed by atoms with van der Waals surface area (Å²) in [7, 11) is 1.68. The number of nitrogens with one attached hydrogen (secondary N) is 1. The van der Waals surface area contributed by atoms with Crippen molar-refractivity contribution in [2.75, 3.05) is 20.4 Å². The molecule has 0 radical (unpaired) electrons. The SMILES string of the molecule is CCCC1NCN(C(CC)COC)C1=O. The van der Waals surface area contributed by atoms with Crippen molar-refractivity contribution in [3.63, 3.8) is 0 Å². The molecule has 0 aromatic heterocycles. The van der Waals surface area contributed by atoms with E-state index in [1.165, 1.54) is 0 Å². The van der Waals surface area contributed by atoms with Gasteiger partial charge in [-0.15, -0.1) is 0 Å². The second kappa shape index (κ2) is 6.08. The quantitative estimate of drug-likeness (QED) is 0.716. The molecule has 2 unspecified atom stereocenters. The Morgan fingerprint density at radius 3 is 2.87 bits per heavy atom. The van der Waals surface area contributed by atoms with Gasteiger partial charge in [0.1, 0.15) is 0 Å². The van der Waals surface area contributed by atoms with Crippen molar-refractivity contribution in [1.82, 2.24) is 10.2 Å². The summed E-state index contributed by atoms with van der Waals surface area (Å²) in [5.74, 6) is 0.237. The number of ether oxygens (including phenoxy) is 1. The Morgan fingerprint density at radius 2 is 2.33 bits per heavy atom. The van der Waals surface area contributed by atoms with E-state index in [1.54, 1.807) is 7.11 Å². The van der Waals surface area contributed by atoms with E-state index in [2.05, 4.69) is 19.2 Å². The van der Waals surface area contributed by atoms with Crippen LogP contribution in [0.1, 0.15) is 33.1 Å². The van der Waals surface area contributed by atoms with Gasteiger partial charge in [-0.3, -0.25) is 10.1 Å². The molecule has 1 N–H and O–H groups in total. The lowest BCUT2D eigenvalue weighted by Gasteiger charge is -2.25. The summed E-state index contributed by atoms with van der Waals surface area (Å²) in [6, 6.07) is 0.248. The van der Waals surface area contributed by atoms with Crippen LogP contribution in [0.2, 0.25) is 0 Å². The van der Waals surface area contributed by atoms with Crippen LogP contribution in [0, 0.1) is 0 Å². The summed E-state index contributed by atoms with van der Waals surface area (Å²) in [6.45, 7) is 5.49. The van der Waals surface area contributed by atoms with Crippen LogP contribution in [0.5, 0.6) is 0 Å². The van der Waals surface area contributed by atoms with E-state index in [0.717, 1.165) is 19.3 Å². The van der Waals surface area contributed by atoms with Crippen molar-refractivity contribution in [3.8, 4) is 0 Å². The van der Waals surface area contributed by atoms with E-state index in [0.29, 0.717) is 13.3 Å². The molecule has 1 fully saturated rings. The third kappa shape index (κ3) is 2.92. The molecule has 0 spiro atoms. The molecule has 1 amide bonds. The number of carbonyl (C=O) groups excluding carboxylic acids is 1. The number of hydrogen-bond donors (Lipinski definition) is 1. The molecule has 0 aromatic rings. The molecule has 1 aliphatic rings. The average Bonchev–Trinajstić information content (AvgIpc) is 2.58. The lowest BCUT2D eigenvalue weighted by molar-refractivity contribution is -0.132. The summed E-state index contributed by atoms with van der Waals surface area (Å²) in [5, 5.41) is 3.25. The smallest absolute Gasteiger partial charge is 0.241 e. The van der Waals surface area contributed by atoms with E-state index in [-0.39, 0.29) is 18.0 Å². The van der Waals surface area contributed by atoms with Crippen LogP contribution in [0.15, 0.2) is 0 Å². The third-order valence-electron chi connectivity index (χ3n) is 2.94. The molecule has 2 atom stereocenters. The van der Waals surface area contributed by atoms with Crippen molar-refractivity contribution in [1.29, 1.82) is 0 Å². The lowest BCUT2D eigenvalue weighted by Crippen LogP contribution is -2.40. The van der Waals surface area contributed by atoms with Gasteiger partial charge in [-0.25, -0.2) is 0 Å². The minimum Gasteiger partial charge on any atom is -0.383 e. The molecule has 1 heterocycles. The third-order valence-corrected chi connectivity index (χ3v) is 2.94. The van der Waals surface area contributed by atoms with Crippen molar-refractivity contribution < 1.29 is 9.53 Å². The van der Waals surface area contributed by atoms with Crippen LogP contribution in [0.4, 0.5) is 0 Å². The second-order valence-corrected chi connectivity index (χ2v) is 4.03. The van der Waals surface area contributed by atoms with Gasteiger partial charge in [0.2, 0.25) is 5.91 Å². The molecule has 0 bridgehead atoms. The van der Waals surface area contributed by atoms with Crippen molar-refractivity contribution in [2.24, 2.45) is 0 Å². The van der Waals surface area contributed by atoms with Gasteiger partial charge in [-0.2, -0.15) is 0 Å². The zero-order valence-electron chi connectivity index (χ0n) is 9.95. The largest absolute Gasteiger partial charge is 0.383 e. The minimum absolute atomic E-state index is 0.0286. The summed E-state index contributed by atoms with van der Waals surface area (Å²) < 4.78 is 5.13. The van der Waals surface area contributed by atoms with Gasteiger partial charge in [-0.05, 0) is 12.8 Å². The Kier molecular flexibility index (Phi) is 5.05. The molecule has 88 valence electrons. The fourth-order valence-corrected chi connectivity index (χ4v) is 2.02. The number of nitrogens with zero attached hydrogens (tertiary/aromatic N) is 1. The van der Waals surface area contributed by atoms with E-state index in [1.807, 2.05) is 4.90 Å². The summed E-state index contributed by atoms with van der Waals surface area (Å²) in [5.41, 5.74) is 0. The lowest BCUT2D eigenvalue weighted by atomic mass is 10.1.